The van der Waals surface area contributed by atoms with Crippen molar-refractivity contribution >= 4 is 23.3 Å². The van der Waals surface area contributed by atoms with Crippen LogP contribution in [0.1, 0.15) is 15.9 Å². The van der Waals surface area contributed by atoms with Crippen molar-refractivity contribution in [2.45, 2.75) is 6.42 Å². The zero-order chi connectivity index (χ0) is 18.7. The van der Waals surface area contributed by atoms with E-state index in [4.69, 9.17) is 17.3 Å². The number of anilines is 1. The number of carbonyl (C=O) groups is 1. The molecule has 3 rings (SSSR count). The lowest BCUT2D eigenvalue weighted by molar-refractivity contribution is 0.100. The highest BCUT2D eigenvalue weighted by Gasteiger charge is 2.16. The van der Waals surface area contributed by atoms with Gasteiger partial charge in [0.2, 0.25) is 0 Å². The van der Waals surface area contributed by atoms with Crippen LogP contribution in [-0.2, 0) is 13.5 Å². The minimum atomic E-state index is -0.634. The minimum Gasteiger partial charge on any atom is -0.369 e. The molecule has 0 aliphatic rings. The molecule has 1 amide bonds. The van der Waals surface area contributed by atoms with Gasteiger partial charge in [0.05, 0.1) is 22.5 Å². The molecule has 3 aromatic rings. The van der Waals surface area contributed by atoms with Crippen molar-refractivity contribution in [2.24, 2.45) is 12.8 Å². The lowest BCUT2D eigenvalue weighted by atomic mass is 10.1. The Morgan fingerprint density at radius 1 is 1.38 bits per heavy atom. The predicted molar refractivity (Wildman–Crippen MR) is 98.6 cm³/mol. The lowest BCUT2D eigenvalue weighted by Gasteiger charge is -2.12. The molecule has 2 heterocycles. The van der Waals surface area contributed by atoms with E-state index in [1.165, 1.54) is 18.2 Å². The van der Waals surface area contributed by atoms with E-state index < -0.39 is 5.91 Å². The van der Waals surface area contributed by atoms with Gasteiger partial charge in [0.25, 0.3) is 5.91 Å². The highest BCUT2D eigenvalue weighted by molar-refractivity contribution is 6.33. The van der Waals surface area contributed by atoms with Crippen LogP contribution in [0.3, 0.4) is 0 Å². The van der Waals surface area contributed by atoms with E-state index in [1.807, 2.05) is 6.07 Å². The van der Waals surface area contributed by atoms with Gasteiger partial charge in [0, 0.05) is 25.4 Å². The van der Waals surface area contributed by atoms with Crippen molar-refractivity contribution in [2.75, 3.05) is 11.9 Å². The monoisotopic (exact) mass is 373 g/mol. The Hall–Kier alpha value is -2.93. The zero-order valence-electron chi connectivity index (χ0n) is 14.0. The van der Waals surface area contributed by atoms with Crippen LogP contribution >= 0.6 is 11.6 Å². The fourth-order valence-corrected chi connectivity index (χ4v) is 2.84. The molecule has 26 heavy (non-hydrogen) atoms. The van der Waals surface area contributed by atoms with Crippen LogP contribution in [0.15, 0.2) is 42.7 Å². The Labute approximate surface area is 154 Å². The highest BCUT2D eigenvalue weighted by atomic mass is 35.5. The Bertz CT molecular complexity index is 957. The summed E-state index contributed by atoms with van der Waals surface area (Å²) in [6, 6.07) is 7.83. The number of nitrogens with two attached hydrogens (primary N) is 1. The lowest BCUT2D eigenvalue weighted by Crippen LogP contribution is -2.17. The molecule has 0 saturated heterocycles. The van der Waals surface area contributed by atoms with Gasteiger partial charge >= 0.3 is 0 Å². The van der Waals surface area contributed by atoms with E-state index in [9.17, 15) is 9.18 Å². The van der Waals surface area contributed by atoms with Crippen LogP contribution in [0.2, 0.25) is 5.02 Å². The largest absolute Gasteiger partial charge is 0.369 e. The Kier molecular flexibility index (Phi) is 5.18. The van der Waals surface area contributed by atoms with Gasteiger partial charge < -0.3 is 11.1 Å². The summed E-state index contributed by atoms with van der Waals surface area (Å²) in [7, 11) is 1.79. The van der Waals surface area contributed by atoms with Crippen molar-refractivity contribution in [3.8, 4) is 11.3 Å². The summed E-state index contributed by atoms with van der Waals surface area (Å²) < 4.78 is 14.9. The quantitative estimate of drug-likeness (QED) is 0.695. The number of aryl methyl sites for hydroxylation is 1. The van der Waals surface area contributed by atoms with Gasteiger partial charge in [0.1, 0.15) is 11.6 Å². The number of aromatic nitrogens is 3. The second-order valence-corrected chi connectivity index (χ2v) is 6.20. The summed E-state index contributed by atoms with van der Waals surface area (Å²) in [6.07, 6.45) is 3.96. The molecule has 8 heteroatoms. The molecule has 6 nitrogen and oxygen atoms in total. The van der Waals surface area contributed by atoms with E-state index in [1.54, 1.807) is 30.2 Å². The zero-order valence-corrected chi connectivity index (χ0v) is 14.8. The normalized spacial score (nSPS) is 10.7. The molecule has 134 valence electrons. The van der Waals surface area contributed by atoms with Gasteiger partial charge in [-0.15, -0.1) is 0 Å². The summed E-state index contributed by atoms with van der Waals surface area (Å²) in [6.45, 7) is 0.449. The van der Waals surface area contributed by atoms with Gasteiger partial charge in [0.15, 0.2) is 0 Å². The highest BCUT2D eigenvalue weighted by Crippen LogP contribution is 2.29. The van der Waals surface area contributed by atoms with Gasteiger partial charge in [-0.1, -0.05) is 23.7 Å². The molecule has 1 aromatic carbocycles. The average Bonchev–Trinajstić information content (AvgIpc) is 3.02. The van der Waals surface area contributed by atoms with Crippen LogP contribution in [0.4, 0.5) is 10.2 Å². The van der Waals surface area contributed by atoms with Crippen LogP contribution in [0, 0.1) is 5.82 Å². The first kappa shape index (κ1) is 17.9. The molecule has 0 fully saturated rings. The molecular weight excluding hydrogens is 357 g/mol. The van der Waals surface area contributed by atoms with Gasteiger partial charge in [-0.3, -0.25) is 9.48 Å². The molecule has 0 aliphatic heterocycles. The third-order valence-corrected chi connectivity index (χ3v) is 4.10. The fourth-order valence-electron chi connectivity index (χ4n) is 2.58. The van der Waals surface area contributed by atoms with Crippen molar-refractivity contribution in [3.05, 3.63) is 64.7 Å². The number of hydrogen-bond donors (Lipinski definition) is 2. The first-order chi connectivity index (χ1) is 12.4. The molecule has 0 spiro atoms. The standard InChI is InChI=1S/C18H17ClFN5O/c1-25-10-12(9-23-25)16-15(19)8-14(17(21)26)18(24-16)22-6-5-11-3-2-4-13(20)7-11/h2-4,7-10H,5-6H2,1H3,(H2,21,26)(H,22,24). The number of nitrogens with zero attached hydrogens (tertiary/aromatic N) is 3. The summed E-state index contributed by atoms with van der Waals surface area (Å²) in [5.41, 5.74) is 7.69. The molecule has 0 saturated carbocycles. The summed E-state index contributed by atoms with van der Waals surface area (Å²) in [5.74, 6) is -0.591. The number of nitrogens with one attached hydrogen (secondary N) is 1. The molecule has 0 atom stereocenters. The van der Waals surface area contributed by atoms with Crippen LogP contribution in [0.25, 0.3) is 11.3 Å². The third kappa shape index (κ3) is 4.00. The Balaban J connectivity index is 1.85. The number of rotatable bonds is 6. The van der Waals surface area contributed by atoms with E-state index >= 15 is 0 Å². The number of benzene rings is 1. The molecule has 0 bridgehead atoms. The SMILES string of the molecule is Cn1cc(-c2nc(NCCc3cccc(F)c3)c(C(N)=O)cc2Cl)cn1. The van der Waals surface area contributed by atoms with Gasteiger partial charge in [-0.05, 0) is 30.2 Å². The Morgan fingerprint density at radius 3 is 2.85 bits per heavy atom. The first-order valence-electron chi connectivity index (χ1n) is 7.91. The topological polar surface area (TPSA) is 85.8 Å². The van der Waals surface area contributed by atoms with Gasteiger partial charge in [-0.2, -0.15) is 5.10 Å². The van der Waals surface area contributed by atoms with E-state index in [-0.39, 0.29) is 11.4 Å². The molecule has 0 unspecified atom stereocenters. The molecule has 3 N–H and O–H groups in total. The van der Waals surface area contributed by atoms with Crippen molar-refractivity contribution in [3.63, 3.8) is 0 Å². The summed E-state index contributed by atoms with van der Waals surface area (Å²) in [4.78, 5) is 16.2. The van der Waals surface area contributed by atoms with E-state index in [0.29, 0.717) is 29.5 Å². The summed E-state index contributed by atoms with van der Waals surface area (Å²) in [5, 5.41) is 7.50. The van der Waals surface area contributed by atoms with Gasteiger partial charge in [-0.25, -0.2) is 9.37 Å². The number of halogens is 2. The third-order valence-electron chi connectivity index (χ3n) is 3.81. The smallest absolute Gasteiger partial charge is 0.252 e. The summed E-state index contributed by atoms with van der Waals surface area (Å²) >= 11 is 6.26. The maximum absolute atomic E-state index is 13.3. The number of primary amides is 1. The van der Waals surface area contributed by atoms with Crippen LogP contribution in [-0.4, -0.2) is 27.2 Å². The minimum absolute atomic E-state index is 0.196. The second-order valence-electron chi connectivity index (χ2n) is 5.79. The number of amides is 1. The first-order valence-corrected chi connectivity index (χ1v) is 8.29. The molecule has 0 aliphatic carbocycles. The number of carbonyl (C=O) groups excluding carboxylic acids is 1. The predicted octanol–water partition coefficient (Wildman–Crippen LogP) is 3.03. The second kappa shape index (κ2) is 7.53. The van der Waals surface area contributed by atoms with E-state index in [2.05, 4.69) is 15.4 Å². The molecule has 2 aromatic heterocycles. The fraction of sp³-hybridized carbons (Fsp3) is 0.167. The van der Waals surface area contributed by atoms with Crippen molar-refractivity contribution < 1.29 is 9.18 Å². The maximum Gasteiger partial charge on any atom is 0.252 e. The Morgan fingerprint density at radius 2 is 2.19 bits per heavy atom. The average molecular weight is 374 g/mol. The molecule has 0 radical (unpaired) electrons. The number of hydrogen-bond acceptors (Lipinski definition) is 4. The van der Waals surface area contributed by atoms with Crippen molar-refractivity contribution in [1.82, 2.24) is 14.8 Å². The maximum atomic E-state index is 13.3. The number of pyridine rings is 1. The van der Waals surface area contributed by atoms with Crippen LogP contribution in [0.5, 0.6) is 0 Å². The van der Waals surface area contributed by atoms with Crippen LogP contribution < -0.4 is 11.1 Å². The van der Waals surface area contributed by atoms with E-state index in [0.717, 1.165) is 11.1 Å². The van der Waals surface area contributed by atoms with Crippen molar-refractivity contribution in [1.29, 1.82) is 0 Å². The molecular formula is C18H17ClFN5O.